The van der Waals surface area contributed by atoms with E-state index in [9.17, 15) is 4.79 Å². The molecule has 2 heterocycles. The van der Waals surface area contributed by atoms with E-state index >= 15 is 0 Å². The van der Waals surface area contributed by atoms with Crippen LogP contribution in [0.15, 0.2) is 18.2 Å². The van der Waals surface area contributed by atoms with E-state index in [2.05, 4.69) is 23.9 Å². The van der Waals surface area contributed by atoms with Gasteiger partial charge in [0.05, 0.1) is 17.4 Å². The van der Waals surface area contributed by atoms with Crippen LogP contribution in [0.2, 0.25) is 0 Å². The average molecular weight is 348 g/mol. The average Bonchev–Trinajstić information content (AvgIpc) is 2.98. The summed E-state index contributed by atoms with van der Waals surface area (Å²) in [7, 11) is 0. The maximum Gasteiger partial charge on any atom is 0.225 e. The van der Waals surface area contributed by atoms with Crippen LogP contribution in [0.25, 0.3) is 5.69 Å². The minimum Gasteiger partial charge on any atom is -0.486 e. The third-order valence-electron chi connectivity index (χ3n) is 3.56. The number of rotatable bonds is 6. The van der Waals surface area contributed by atoms with Crippen LogP contribution in [0, 0.1) is 0 Å². The maximum atomic E-state index is 11.2. The smallest absolute Gasteiger partial charge is 0.225 e. The summed E-state index contributed by atoms with van der Waals surface area (Å²) in [5, 5.41) is 4.60. The monoisotopic (exact) mass is 348 g/mol. The van der Waals surface area contributed by atoms with E-state index in [-0.39, 0.29) is 11.7 Å². The standard InChI is InChI=1S/C16H20N4O3S/c1-3-24-10(2)16-18-15(9-14(17)21)19-20(16)11-4-5-12-13(8-11)23-7-6-22-12/h4-5,8,10H,3,6-7,9H2,1-2H3,(H2,17,21)/t10-/m1/s1. The van der Waals surface area contributed by atoms with Crippen molar-refractivity contribution in [2.24, 2.45) is 5.73 Å². The first-order chi connectivity index (χ1) is 11.6. The van der Waals surface area contributed by atoms with Gasteiger partial charge in [-0.05, 0) is 24.8 Å². The van der Waals surface area contributed by atoms with Crippen molar-refractivity contribution in [3.8, 4) is 17.2 Å². The largest absolute Gasteiger partial charge is 0.486 e. The topological polar surface area (TPSA) is 92.3 Å². The zero-order valence-corrected chi connectivity index (χ0v) is 14.5. The van der Waals surface area contributed by atoms with E-state index in [0.717, 1.165) is 23.0 Å². The van der Waals surface area contributed by atoms with Crippen molar-refractivity contribution in [2.45, 2.75) is 25.5 Å². The van der Waals surface area contributed by atoms with Crippen LogP contribution in [-0.4, -0.2) is 39.6 Å². The summed E-state index contributed by atoms with van der Waals surface area (Å²) in [6.45, 7) is 5.24. The van der Waals surface area contributed by atoms with Crippen molar-refractivity contribution in [3.63, 3.8) is 0 Å². The molecular weight excluding hydrogens is 328 g/mol. The molecule has 0 spiro atoms. The van der Waals surface area contributed by atoms with Gasteiger partial charge in [0.15, 0.2) is 17.3 Å². The fraction of sp³-hybridized carbons (Fsp3) is 0.438. The molecular formula is C16H20N4O3S. The molecule has 128 valence electrons. The molecule has 2 N–H and O–H groups in total. The van der Waals surface area contributed by atoms with E-state index in [4.69, 9.17) is 15.2 Å². The lowest BCUT2D eigenvalue weighted by Gasteiger charge is -2.19. The summed E-state index contributed by atoms with van der Waals surface area (Å²) in [6, 6.07) is 5.65. The number of ether oxygens (including phenoxy) is 2. The Labute approximate surface area is 144 Å². The van der Waals surface area contributed by atoms with E-state index in [1.165, 1.54) is 0 Å². The summed E-state index contributed by atoms with van der Waals surface area (Å²) in [6.07, 6.45) is 0.0219. The molecule has 0 aliphatic carbocycles. The molecule has 1 amide bonds. The molecule has 24 heavy (non-hydrogen) atoms. The van der Waals surface area contributed by atoms with E-state index in [1.807, 2.05) is 18.2 Å². The molecule has 0 bridgehead atoms. The van der Waals surface area contributed by atoms with Crippen LogP contribution in [0.3, 0.4) is 0 Å². The number of fused-ring (bicyclic) bond motifs is 1. The van der Waals surface area contributed by atoms with E-state index in [1.54, 1.807) is 16.4 Å². The van der Waals surface area contributed by atoms with Crippen molar-refractivity contribution in [1.82, 2.24) is 14.8 Å². The molecule has 1 aromatic heterocycles. The van der Waals surface area contributed by atoms with Crippen LogP contribution < -0.4 is 15.2 Å². The highest BCUT2D eigenvalue weighted by atomic mass is 32.2. The highest BCUT2D eigenvalue weighted by Gasteiger charge is 2.20. The fourth-order valence-corrected chi connectivity index (χ4v) is 3.34. The fourth-order valence-electron chi connectivity index (χ4n) is 2.54. The zero-order chi connectivity index (χ0) is 17.1. The number of carbonyl (C=O) groups is 1. The molecule has 1 aliphatic rings. The lowest BCUT2D eigenvalue weighted by atomic mass is 10.2. The summed E-state index contributed by atoms with van der Waals surface area (Å²) >= 11 is 1.76. The van der Waals surface area contributed by atoms with Gasteiger partial charge in [0.2, 0.25) is 5.91 Å². The first-order valence-corrected chi connectivity index (χ1v) is 8.89. The zero-order valence-electron chi connectivity index (χ0n) is 13.7. The Kier molecular flexibility index (Phi) is 4.94. The Morgan fingerprint density at radius 2 is 2.12 bits per heavy atom. The Morgan fingerprint density at radius 3 is 2.83 bits per heavy atom. The van der Waals surface area contributed by atoms with Gasteiger partial charge in [-0.15, -0.1) is 0 Å². The number of nitrogens with zero attached hydrogens (tertiary/aromatic N) is 3. The third-order valence-corrected chi connectivity index (χ3v) is 4.60. The van der Waals surface area contributed by atoms with Gasteiger partial charge in [-0.1, -0.05) is 6.92 Å². The van der Waals surface area contributed by atoms with Gasteiger partial charge in [0.1, 0.15) is 19.0 Å². The Morgan fingerprint density at radius 1 is 1.38 bits per heavy atom. The third kappa shape index (κ3) is 3.48. The lowest BCUT2D eigenvalue weighted by Crippen LogP contribution is -2.16. The quantitative estimate of drug-likeness (QED) is 0.857. The van der Waals surface area contributed by atoms with Crippen LogP contribution >= 0.6 is 11.8 Å². The van der Waals surface area contributed by atoms with Crippen molar-refractivity contribution >= 4 is 17.7 Å². The van der Waals surface area contributed by atoms with Gasteiger partial charge in [-0.2, -0.15) is 16.9 Å². The lowest BCUT2D eigenvalue weighted by molar-refractivity contribution is -0.117. The number of thioether (sulfide) groups is 1. The maximum absolute atomic E-state index is 11.2. The molecule has 1 atom stereocenters. The van der Waals surface area contributed by atoms with Crippen molar-refractivity contribution in [3.05, 3.63) is 29.8 Å². The number of benzene rings is 1. The van der Waals surface area contributed by atoms with Crippen LogP contribution in [0.5, 0.6) is 11.5 Å². The molecule has 8 heteroatoms. The van der Waals surface area contributed by atoms with Crippen molar-refractivity contribution < 1.29 is 14.3 Å². The molecule has 0 unspecified atom stereocenters. The number of carbonyl (C=O) groups excluding carboxylic acids is 1. The van der Waals surface area contributed by atoms with Crippen LogP contribution in [-0.2, 0) is 11.2 Å². The molecule has 0 saturated carbocycles. The first kappa shape index (κ1) is 16.6. The van der Waals surface area contributed by atoms with Crippen molar-refractivity contribution in [1.29, 1.82) is 0 Å². The number of amides is 1. The van der Waals surface area contributed by atoms with Gasteiger partial charge in [0, 0.05) is 6.07 Å². The number of aromatic nitrogens is 3. The highest BCUT2D eigenvalue weighted by molar-refractivity contribution is 7.99. The second kappa shape index (κ2) is 7.12. The minimum atomic E-state index is -0.448. The number of hydrogen-bond donors (Lipinski definition) is 1. The summed E-state index contributed by atoms with van der Waals surface area (Å²) in [5.41, 5.74) is 6.10. The van der Waals surface area contributed by atoms with Gasteiger partial charge >= 0.3 is 0 Å². The first-order valence-electron chi connectivity index (χ1n) is 7.84. The summed E-state index contributed by atoms with van der Waals surface area (Å²) < 4.78 is 12.9. The Hall–Kier alpha value is -2.22. The molecule has 1 aliphatic heterocycles. The van der Waals surface area contributed by atoms with Gasteiger partial charge in [-0.25, -0.2) is 9.67 Å². The number of hydrogen-bond acceptors (Lipinski definition) is 6. The second-order valence-electron chi connectivity index (χ2n) is 5.37. The number of primary amides is 1. The van der Waals surface area contributed by atoms with Gasteiger partial charge in [-0.3, -0.25) is 4.79 Å². The molecule has 2 aromatic rings. The van der Waals surface area contributed by atoms with Crippen LogP contribution in [0.1, 0.15) is 30.7 Å². The molecule has 7 nitrogen and oxygen atoms in total. The number of nitrogens with two attached hydrogens (primary N) is 1. The summed E-state index contributed by atoms with van der Waals surface area (Å²) in [4.78, 5) is 15.7. The molecule has 0 saturated heterocycles. The predicted octanol–water partition coefficient (Wildman–Crippen LogP) is 1.88. The van der Waals surface area contributed by atoms with Crippen LogP contribution in [0.4, 0.5) is 0 Å². The molecule has 3 rings (SSSR count). The predicted molar refractivity (Wildman–Crippen MR) is 91.8 cm³/mol. The molecule has 0 radical (unpaired) electrons. The van der Waals surface area contributed by atoms with Crippen molar-refractivity contribution in [2.75, 3.05) is 19.0 Å². The Bertz CT molecular complexity index is 747. The van der Waals surface area contributed by atoms with E-state index < -0.39 is 5.91 Å². The summed E-state index contributed by atoms with van der Waals surface area (Å²) in [5.74, 6) is 3.13. The second-order valence-corrected chi connectivity index (χ2v) is 6.98. The Balaban J connectivity index is 2.01. The van der Waals surface area contributed by atoms with E-state index in [0.29, 0.717) is 24.8 Å². The van der Waals surface area contributed by atoms with Gasteiger partial charge < -0.3 is 15.2 Å². The molecule has 0 fully saturated rings. The highest BCUT2D eigenvalue weighted by Crippen LogP contribution is 2.34. The SMILES string of the molecule is CCS[C@H](C)c1nc(CC(N)=O)nn1-c1ccc2c(c1)OCCO2. The minimum absolute atomic E-state index is 0.0219. The normalized spacial score (nSPS) is 14.4. The molecule has 1 aromatic carbocycles. The van der Waals surface area contributed by atoms with Gasteiger partial charge in [0.25, 0.3) is 0 Å².